The van der Waals surface area contributed by atoms with E-state index in [1.165, 1.54) is 0 Å². The Morgan fingerprint density at radius 2 is 1.48 bits per heavy atom. The smallest absolute Gasteiger partial charge is 0.232 e. The largest absolute Gasteiger partial charge is 0.457 e. The van der Waals surface area contributed by atoms with Gasteiger partial charge in [0, 0.05) is 22.8 Å². The Kier molecular flexibility index (Phi) is 4.33. The van der Waals surface area contributed by atoms with Gasteiger partial charge < -0.3 is 14.6 Å². The van der Waals surface area contributed by atoms with Crippen molar-refractivity contribution in [1.82, 2.24) is 10.5 Å². The fourth-order valence-electron chi connectivity index (χ4n) is 3.61. The van der Waals surface area contributed by atoms with Gasteiger partial charge in [-0.1, -0.05) is 71.9 Å². The van der Waals surface area contributed by atoms with E-state index >= 15 is 0 Å². The van der Waals surface area contributed by atoms with Crippen molar-refractivity contribution in [3.63, 3.8) is 0 Å². The van der Waals surface area contributed by atoms with Crippen molar-refractivity contribution in [3.05, 3.63) is 102 Å². The number of carbonyl (C=O) groups excluding carboxylic acids is 1. The van der Waals surface area contributed by atoms with Crippen molar-refractivity contribution in [1.29, 1.82) is 0 Å². The van der Waals surface area contributed by atoms with Gasteiger partial charge in [0.1, 0.15) is 17.2 Å². The molecule has 1 aromatic heterocycles. The van der Waals surface area contributed by atoms with Gasteiger partial charge in [0.2, 0.25) is 5.91 Å². The molecular formula is C24H18N2O3. The van der Waals surface area contributed by atoms with E-state index in [-0.39, 0.29) is 12.5 Å². The molecule has 1 aliphatic rings. The summed E-state index contributed by atoms with van der Waals surface area (Å²) in [6.45, 7) is 0.289. The molecule has 5 nitrogen and oxygen atoms in total. The molecule has 0 unspecified atom stereocenters. The molecule has 3 aromatic carbocycles. The Labute approximate surface area is 167 Å². The maximum Gasteiger partial charge on any atom is 0.232 e. The number of nitrogens with zero attached hydrogens (tertiary/aromatic N) is 1. The molecule has 0 fully saturated rings. The first kappa shape index (κ1) is 17.3. The van der Waals surface area contributed by atoms with Gasteiger partial charge in [-0.05, 0) is 12.1 Å². The van der Waals surface area contributed by atoms with Crippen molar-refractivity contribution < 1.29 is 14.1 Å². The molecule has 5 heteroatoms. The second-order valence-corrected chi connectivity index (χ2v) is 6.88. The number of aromatic nitrogens is 1. The summed E-state index contributed by atoms with van der Waals surface area (Å²) in [5, 5.41) is 7.08. The number of hydrogen-bond donors (Lipinski definition) is 1. The lowest BCUT2D eigenvalue weighted by molar-refractivity contribution is -0.122. The maximum absolute atomic E-state index is 13.1. The Hall–Kier alpha value is -3.86. The fraction of sp³-hybridized carbons (Fsp3) is 0.0833. The van der Waals surface area contributed by atoms with Gasteiger partial charge in [0.25, 0.3) is 0 Å². The maximum atomic E-state index is 13.1. The van der Waals surface area contributed by atoms with Crippen LogP contribution in [0.5, 0.6) is 11.5 Å². The van der Waals surface area contributed by atoms with E-state index in [0.29, 0.717) is 23.0 Å². The molecule has 4 aromatic rings. The van der Waals surface area contributed by atoms with Crippen molar-refractivity contribution in [2.45, 2.75) is 12.5 Å². The van der Waals surface area contributed by atoms with Crippen LogP contribution in [0.25, 0.3) is 11.3 Å². The average molecular weight is 382 g/mol. The van der Waals surface area contributed by atoms with Gasteiger partial charge in [0.15, 0.2) is 5.76 Å². The van der Waals surface area contributed by atoms with Gasteiger partial charge >= 0.3 is 0 Å². The zero-order valence-electron chi connectivity index (χ0n) is 15.5. The molecule has 0 bridgehead atoms. The van der Waals surface area contributed by atoms with Crippen molar-refractivity contribution in [2.24, 2.45) is 0 Å². The summed E-state index contributed by atoms with van der Waals surface area (Å²) in [5.41, 5.74) is 3.33. The number of ether oxygens (including phenoxy) is 1. The molecule has 5 rings (SSSR count). The number of carbonyl (C=O) groups is 1. The molecule has 0 radical (unpaired) electrons. The highest BCUT2D eigenvalue weighted by molar-refractivity contribution is 5.89. The number of para-hydroxylation sites is 2. The van der Waals surface area contributed by atoms with Crippen LogP contribution in [-0.2, 0) is 11.3 Å². The molecule has 0 saturated carbocycles. The molecule has 0 saturated heterocycles. The number of hydrogen-bond acceptors (Lipinski definition) is 4. The van der Waals surface area contributed by atoms with Crippen molar-refractivity contribution >= 4 is 5.91 Å². The summed E-state index contributed by atoms with van der Waals surface area (Å²) in [6.07, 6.45) is 0. The van der Waals surface area contributed by atoms with Gasteiger partial charge in [-0.2, -0.15) is 0 Å². The minimum Gasteiger partial charge on any atom is -0.457 e. The molecule has 1 N–H and O–H groups in total. The second kappa shape index (κ2) is 7.28. The van der Waals surface area contributed by atoms with Crippen molar-refractivity contribution in [3.8, 4) is 22.8 Å². The van der Waals surface area contributed by atoms with Gasteiger partial charge in [-0.25, -0.2) is 0 Å². The number of nitrogens with one attached hydrogen (secondary N) is 1. The first-order valence-electron chi connectivity index (χ1n) is 9.44. The fourth-order valence-corrected chi connectivity index (χ4v) is 3.61. The highest BCUT2D eigenvalue weighted by atomic mass is 16.5. The van der Waals surface area contributed by atoms with Crippen LogP contribution in [0.1, 0.15) is 22.7 Å². The van der Waals surface area contributed by atoms with E-state index in [1.807, 2.05) is 84.9 Å². The minimum atomic E-state index is -0.434. The monoisotopic (exact) mass is 382 g/mol. The van der Waals surface area contributed by atoms with Crippen LogP contribution in [-0.4, -0.2) is 11.1 Å². The zero-order chi connectivity index (χ0) is 19.6. The summed E-state index contributed by atoms with van der Waals surface area (Å²) in [5.74, 6) is 1.56. The normalized spacial score (nSPS) is 12.6. The van der Waals surface area contributed by atoms with Crippen LogP contribution in [0.2, 0.25) is 0 Å². The van der Waals surface area contributed by atoms with Crippen molar-refractivity contribution in [2.75, 3.05) is 0 Å². The molecule has 0 spiro atoms. The van der Waals surface area contributed by atoms with Crippen LogP contribution in [0.4, 0.5) is 0 Å². The minimum absolute atomic E-state index is 0.0996. The van der Waals surface area contributed by atoms with Gasteiger partial charge in [0.05, 0.1) is 12.5 Å². The molecular weight excluding hydrogens is 364 g/mol. The summed E-state index contributed by atoms with van der Waals surface area (Å²) in [7, 11) is 0. The molecule has 142 valence electrons. The lowest BCUT2D eigenvalue weighted by Gasteiger charge is -2.27. The topological polar surface area (TPSA) is 64.4 Å². The van der Waals surface area contributed by atoms with E-state index in [2.05, 4.69) is 10.5 Å². The Morgan fingerprint density at radius 3 is 2.17 bits per heavy atom. The summed E-state index contributed by atoms with van der Waals surface area (Å²) in [6, 6.07) is 26.9. The average Bonchev–Trinajstić information content (AvgIpc) is 3.25. The quantitative estimate of drug-likeness (QED) is 0.545. The van der Waals surface area contributed by atoms with E-state index in [1.54, 1.807) is 0 Å². The Bertz CT molecular complexity index is 1120. The highest BCUT2D eigenvalue weighted by Gasteiger charge is 2.32. The van der Waals surface area contributed by atoms with Gasteiger partial charge in [-0.15, -0.1) is 0 Å². The molecule has 1 aliphatic heterocycles. The highest BCUT2D eigenvalue weighted by Crippen LogP contribution is 2.43. The SMILES string of the molecule is O=C(NCc1cc(-c2ccccc2)on1)C1c2ccccc2Oc2ccccc21. The number of benzene rings is 3. The predicted octanol–water partition coefficient (Wildman–Crippen LogP) is 4.90. The number of rotatable bonds is 4. The molecule has 29 heavy (non-hydrogen) atoms. The predicted molar refractivity (Wildman–Crippen MR) is 109 cm³/mol. The van der Waals surface area contributed by atoms with Gasteiger partial charge in [-0.3, -0.25) is 4.79 Å². The second-order valence-electron chi connectivity index (χ2n) is 6.88. The third-order valence-electron chi connectivity index (χ3n) is 5.00. The van der Waals surface area contributed by atoms with E-state index in [0.717, 1.165) is 16.7 Å². The third kappa shape index (κ3) is 3.27. The molecule has 1 amide bonds. The number of fused-ring (bicyclic) bond motifs is 2. The zero-order valence-corrected chi connectivity index (χ0v) is 15.5. The summed E-state index contributed by atoms with van der Waals surface area (Å²) in [4.78, 5) is 13.1. The standard InChI is InChI=1S/C24H18N2O3/c27-24(25-15-17-14-22(29-26-17)16-8-2-1-3-9-16)23-18-10-4-6-12-20(18)28-21-13-7-5-11-19(21)23/h1-14,23H,15H2,(H,25,27). The summed E-state index contributed by atoms with van der Waals surface area (Å²) >= 11 is 0. The Morgan fingerprint density at radius 1 is 0.862 bits per heavy atom. The van der Waals surface area contributed by atoms with E-state index in [4.69, 9.17) is 9.26 Å². The van der Waals surface area contributed by atoms with Crippen LogP contribution in [0.15, 0.2) is 89.5 Å². The van der Waals surface area contributed by atoms with Crippen LogP contribution in [0, 0.1) is 0 Å². The van der Waals surface area contributed by atoms with Crippen LogP contribution >= 0.6 is 0 Å². The number of amides is 1. The molecule has 2 heterocycles. The van der Waals surface area contributed by atoms with E-state index in [9.17, 15) is 4.79 Å². The first-order valence-corrected chi connectivity index (χ1v) is 9.44. The lowest BCUT2D eigenvalue weighted by atomic mass is 9.87. The van der Waals surface area contributed by atoms with E-state index < -0.39 is 5.92 Å². The van der Waals surface area contributed by atoms with Crippen LogP contribution < -0.4 is 10.1 Å². The lowest BCUT2D eigenvalue weighted by Crippen LogP contribution is -2.31. The van der Waals surface area contributed by atoms with Crippen LogP contribution in [0.3, 0.4) is 0 Å². The molecule has 0 atom stereocenters. The summed E-state index contributed by atoms with van der Waals surface area (Å²) < 4.78 is 11.4. The molecule has 0 aliphatic carbocycles. The Balaban J connectivity index is 1.37. The first-order chi connectivity index (χ1) is 14.3. The third-order valence-corrected chi connectivity index (χ3v) is 5.00.